The maximum Gasteiger partial charge on any atom is 0.261 e. The Hall–Kier alpha value is -3.60. The van der Waals surface area contributed by atoms with E-state index >= 15 is 0 Å². The summed E-state index contributed by atoms with van der Waals surface area (Å²) in [6, 6.07) is 19.2. The number of amides is 1. The number of benzene rings is 2. The number of pyridine rings is 1. The molecule has 4 aromatic rings. The number of carbonyl (C=O) groups excluding carboxylic acids is 1. The number of anilines is 1. The zero-order valence-electron chi connectivity index (χ0n) is 16.8. The summed E-state index contributed by atoms with van der Waals surface area (Å²) in [5.41, 5.74) is 5.31. The van der Waals surface area contributed by atoms with Gasteiger partial charge in [0.05, 0.1) is 11.3 Å². The van der Waals surface area contributed by atoms with Crippen molar-refractivity contribution in [3.8, 4) is 5.75 Å². The Morgan fingerprint density at radius 1 is 1.07 bits per heavy atom. The lowest BCUT2D eigenvalue weighted by atomic mass is 10.1. The Morgan fingerprint density at radius 3 is 2.69 bits per heavy atom. The van der Waals surface area contributed by atoms with Crippen LogP contribution in [0, 0.1) is 13.8 Å². The van der Waals surface area contributed by atoms with Crippen molar-refractivity contribution in [2.75, 3.05) is 11.9 Å². The van der Waals surface area contributed by atoms with E-state index in [-0.39, 0.29) is 5.91 Å². The summed E-state index contributed by atoms with van der Waals surface area (Å²) < 4.78 is 7.98. The van der Waals surface area contributed by atoms with Crippen LogP contribution in [0.15, 0.2) is 73.1 Å². The van der Waals surface area contributed by atoms with E-state index in [4.69, 9.17) is 4.74 Å². The summed E-state index contributed by atoms with van der Waals surface area (Å²) in [4.78, 5) is 19.4. The smallest absolute Gasteiger partial charge is 0.261 e. The molecule has 0 atom stereocenters. The van der Waals surface area contributed by atoms with E-state index in [1.165, 1.54) is 0 Å². The molecule has 0 saturated heterocycles. The van der Waals surface area contributed by atoms with E-state index in [9.17, 15) is 4.79 Å². The molecule has 146 valence electrons. The summed E-state index contributed by atoms with van der Waals surface area (Å²) >= 11 is 0. The number of aryl methyl sites for hydroxylation is 2. The highest BCUT2D eigenvalue weighted by molar-refractivity contribution is 6.07. The van der Waals surface area contributed by atoms with Crippen molar-refractivity contribution in [2.24, 2.45) is 0 Å². The normalized spacial score (nSPS) is 10.9. The van der Waals surface area contributed by atoms with Gasteiger partial charge in [0, 0.05) is 25.1 Å². The van der Waals surface area contributed by atoms with Gasteiger partial charge in [0.2, 0.25) is 0 Å². The van der Waals surface area contributed by atoms with Crippen LogP contribution in [0.3, 0.4) is 0 Å². The molecule has 0 spiro atoms. The van der Waals surface area contributed by atoms with Gasteiger partial charge in [-0.2, -0.15) is 0 Å². The van der Waals surface area contributed by atoms with Gasteiger partial charge >= 0.3 is 0 Å². The zero-order chi connectivity index (χ0) is 20.4. The van der Waals surface area contributed by atoms with Gasteiger partial charge in [-0.1, -0.05) is 30.3 Å². The number of aromatic nitrogens is 2. The fourth-order valence-corrected chi connectivity index (χ4v) is 3.33. The Balaban J connectivity index is 1.56. The van der Waals surface area contributed by atoms with Gasteiger partial charge in [-0.15, -0.1) is 0 Å². The Morgan fingerprint density at radius 2 is 1.90 bits per heavy atom. The fourth-order valence-electron chi connectivity index (χ4n) is 3.33. The van der Waals surface area contributed by atoms with Crippen LogP contribution in [0.4, 0.5) is 5.69 Å². The lowest BCUT2D eigenvalue weighted by molar-refractivity contribution is 0.0988. The first-order valence-corrected chi connectivity index (χ1v) is 9.52. The van der Waals surface area contributed by atoms with Crippen molar-refractivity contribution in [2.45, 2.75) is 20.5 Å². The molecule has 2 heterocycles. The number of imidazole rings is 1. The Bertz CT molecular complexity index is 1180. The van der Waals surface area contributed by atoms with Gasteiger partial charge in [-0.25, -0.2) is 4.98 Å². The van der Waals surface area contributed by atoms with Crippen molar-refractivity contribution in [1.29, 1.82) is 0 Å². The van der Waals surface area contributed by atoms with Crippen LogP contribution < -0.4 is 9.64 Å². The van der Waals surface area contributed by atoms with E-state index in [2.05, 4.69) is 4.98 Å². The molecule has 5 nitrogen and oxygen atoms in total. The highest BCUT2D eigenvalue weighted by atomic mass is 16.5. The first kappa shape index (κ1) is 18.7. The number of hydrogen-bond acceptors (Lipinski definition) is 3. The van der Waals surface area contributed by atoms with Crippen LogP contribution in [0.2, 0.25) is 0 Å². The van der Waals surface area contributed by atoms with Crippen molar-refractivity contribution >= 4 is 17.2 Å². The SMILES string of the molecule is Cc1cccc(N(C)C(=O)c2ccccc2OCc2cn3cccc(C)c3n2)c1. The van der Waals surface area contributed by atoms with Gasteiger partial charge < -0.3 is 14.0 Å². The molecular weight excluding hydrogens is 362 g/mol. The highest BCUT2D eigenvalue weighted by Gasteiger charge is 2.18. The molecule has 0 bridgehead atoms. The molecule has 2 aromatic heterocycles. The van der Waals surface area contributed by atoms with E-state index in [1.807, 2.05) is 85.2 Å². The first-order chi connectivity index (χ1) is 14.0. The third kappa shape index (κ3) is 3.85. The summed E-state index contributed by atoms with van der Waals surface area (Å²) in [5, 5.41) is 0. The molecular formula is C24H23N3O2. The molecule has 0 saturated carbocycles. The van der Waals surface area contributed by atoms with Crippen LogP contribution in [-0.2, 0) is 6.61 Å². The average Bonchev–Trinajstić information content (AvgIpc) is 3.16. The van der Waals surface area contributed by atoms with Crippen molar-refractivity contribution in [3.63, 3.8) is 0 Å². The highest BCUT2D eigenvalue weighted by Crippen LogP contribution is 2.24. The molecule has 1 amide bonds. The number of nitrogens with zero attached hydrogens (tertiary/aromatic N) is 3. The van der Waals surface area contributed by atoms with Gasteiger partial charge in [-0.05, 0) is 55.3 Å². The standard InChI is InChI=1S/C24H23N3O2/c1-17-8-6-10-20(14-17)26(3)24(28)21-11-4-5-12-22(21)29-16-19-15-27-13-7-9-18(2)23(27)25-19/h4-15H,16H2,1-3H3. The average molecular weight is 385 g/mol. The van der Waals surface area contributed by atoms with E-state index < -0.39 is 0 Å². The Labute approximate surface area is 170 Å². The predicted octanol–water partition coefficient (Wildman–Crippen LogP) is 4.81. The molecule has 5 heteroatoms. The van der Waals surface area contributed by atoms with Gasteiger partial charge in [0.25, 0.3) is 5.91 Å². The van der Waals surface area contributed by atoms with Crippen molar-refractivity contribution in [1.82, 2.24) is 9.38 Å². The number of fused-ring (bicyclic) bond motifs is 1. The van der Waals surface area contributed by atoms with Crippen LogP contribution in [0.25, 0.3) is 5.65 Å². The molecule has 0 aliphatic carbocycles. The van der Waals surface area contributed by atoms with Crippen LogP contribution in [-0.4, -0.2) is 22.3 Å². The largest absolute Gasteiger partial charge is 0.486 e. The molecule has 29 heavy (non-hydrogen) atoms. The van der Waals surface area contributed by atoms with Gasteiger partial charge in [0.1, 0.15) is 18.0 Å². The fraction of sp³-hybridized carbons (Fsp3) is 0.167. The van der Waals surface area contributed by atoms with Crippen LogP contribution >= 0.6 is 0 Å². The zero-order valence-corrected chi connectivity index (χ0v) is 16.8. The molecule has 0 unspecified atom stereocenters. The second-order valence-corrected chi connectivity index (χ2v) is 7.14. The van der Waals surface area contributed by atoms with Crippen molar-refractivity contribution < 1.29 is 9.53 Å². The molecule has 0 aliphatic rings. The Kier molecular flexibility index (Phi) is 5.04. The number of carbonyl (C=O) groups is 1. The topological polar surface area (TPSA) is 46.8 Å². The van der Waals surface area contributed by atoms with E-state index in [0.717, 1.165) is 28.2 Å². The summed E-state index contributed by atoms with van der Waals surface area (Å²) in [6.45, 7) is 4.33. The summed E-state index contributed by atoms with van der Waals surface area (Å²) in [6.07, 6.45) is 3.92. The number of para-hydroxylation sites is 1. The monoisotopic (exact) mass is 385 g/mol. The van der Waals surface area contributed by atoms with E-state index in [0.29, 0.717) is 17.9 Å². The van der Waals surface area contributed by atoms with Crippen LogP contribution in [0.1, 0.15) is 27.2 Å². The summed E-state index contributed by atoms with van der Waals surface area (Å²) in [7, 11) is 1.78. The third-order valence-corrected chi connectivity index (χ3v) is 4.91. The maximum atomic E-state index is 13.1. The minimum atomic E-state index is -0.114. The quantitative estimate of drug-likeness (QED) is 0.495. The van der Waals surface area contributed by atoms with Gasteiger partial charge in [-0.3, -0.25) is 4.79 Å². The third-order valence-electron chi connectivity index (χ3n) is 4.91. The molecule has 0 aliphatic heterocycles. The van der Waals surface area contributed by atoms with Crippen LogP contribution in [0.5, 0.6) is 5.75 Å². The second kappa shape index (κ2) is 7.80. The first-order valence-electron chi connectivity index (χ1n) is 9.52. The molecule has 0 N–H and O–H groups in total. The maximum absolute atomic E-state index is 13.1. The summed E-state index contributed by atoms with van der Waals surface area (Å²) in [5.74, 6) is 0.433. The minimum Gasteiger partial charge on any atom is -0.486 e. The number of hydrogen-bond donors (Lipinski definition) is 0. The molecule has 2 aromatic carbocycles. The van der Waals surface area contributed by atoms with E-state index in [1.54, 1.807) is 18.0 Å². The van der Waals surface area contributed by atoms with Crippen molar-refractivity contribution in [3.05, 3.63) is 95.4 Å². The lowest BCUT2D eigenvalue weighted by Gasteiger charge is -2.19. The second-order valence-electron chi connectivity index (χ2n) is 7.14. The predicted molar refractivity (Wildman–Crippen MR) is 115 cm³/mol. The minimum absolute atomic E-state index is 0.114. The molecule has 4 rings (SSSR count). The number of ether oxygens (including phenoxy) is 1. The molecule has 0 fully saturated rings. The lowest BCUT2D eigenvalue weighted by Crippen LogP contribution is -2.26. The molecule has 0 radical (unpaired) electrons. The number of rotatable bonds is 5. The van der Waals surface area contributed by atoms with Gasteiger partial charge in [0.15, 0.2) is 0 Å².